The number of methoxy groups -OCH3 is 3. The highest BCUT2D eigenvalue weighted by Crippen LogP contribution is 2.20. The average molecular weight is 496 g/mol. The molecule has 3 heterocycles. The monoisotopic (exact) mass is 495 g/mol. The van der Waals surface area contributed by atoms with Crippen molar-refractivity contribution >= 4 is 35.8 Å². The SMILES string of the molecule is COc1cccc(Cn2cc(-c3cnc4ccc(NC(=O)N(S)CC(OC)OC)nc4n3)cn2)c1. The van der Waals surface area contributed by atoms with E-state index in [2.05, 4.69) is 38.2 Å². The molecule has 3 aromatic heterocycles. The highest BCUT2D eigenvalue weighted by atomic mass is 32.1. The van der Waals surface area contributed by atoms with Crippen LogP contribution in [0.15, 0.2) is 55.0 Å². The number of anilines is 1. The Labute approximate surface area is 207 Å². The first-order valence-corrected chi connectivity index (χ1v) is 11.0. The fraction of sp³-hybridized carbons (Fsp3) is 0.261. The lowest BCUT2D eigenvalue weighted by molar-refractivity contribution is -0.103. The van der Waals surface area contributed by atoms with E-state index in [0.717, 1.165) is 21.2 Å². The second-order valence-corrected chi connectivity index (χ2v) is 7.97. The van der Waals surface area contributed by atoms with E-state index in [1.807, 2.05) is 35.1 Å². The first-order chi connectivity index (χ1) is 17.0. The number of amides is 2. The van der Waals surface area contributed by atoms with Crippen LogP contribution in [-0.4, -0.2) is 69.2 Å². The van der Waals surface area contributed by atoms with Gasteiger partial charge in [0.1, 0.15) is 17.1 Å². The van der Waals surface area contributed by atoms with Crippen LogP contribution in [0.3, 0.4) is 0 Å². The van der Waals surface area contributed by atoms with E-state index < -0.39 is 12.3 Å². The molecular weight excluding hydrogens is 470 g/mol. The number of rotatable bonds is 9. The minimum Gasteiger partial charge on any atom is -0.497 e. The lowest BCUT2D eigenvalue weighted by Gasteiger charge is -2.21. The highest BCUT2D eigenvalue weighted by molar-refractivity contribution is 7.78. The van der Waals surface area contributed by atoms with Gasteiger partial charge in [-0.15, -0.1) is 0 Å². The fourth-order valence-electron chi connectivity index (χ4n) is 3.29. The van der Waals surface area contributed by atoms with Crippen molar-refractivity contribution in [1.82, 2.24) is 29.0 Å². The van der Waals surface area contributed by atoms with E-state index >= 15 is 0 Å². The summed E-state index contributed by atoms with van der Waals surface area (Å²) in [7, 11) is 4.61. The molecule has 0 atom stereocenters. The minimum absolute atomic E-state index is 0.124. The number of hydrogen-bond acceptors (Lipinski definition) is 9. The standard InChI is InChI=1S/C23H25N7O4S/c1-32-17-6-4-5-15(9-17)12-29-13-16(10-25-29)19-11-24-18-7-8-20(27-22(18)26-19)28-23(31)30(35)14-21(33-2)34-3/h4-11,13,21,35H,12,14H2,1-3H3,(H,26,27,28,31). The summed E-state index contributed by atoms with van der Waals surface area (Å²) in [5, 5.41) is 7.11. The Balaban J connectivity index is 1.49. The molecule has 1 aromatic carbocycles. The maximum absolute atomic E-state index is 12.4. The van der Waals surface area contributed by atoms with E-state index in [-0.39, 0.29) is 6.54 Å². The molecule has 0 fully saturated rings. The van der Waals surface area contributed by atoms with Crippen LogP contribution in [0.1, 0.15) is 5.56 Å². The zero-order valence-electron chi connectivity index (χ0n) is 19.5. The van der Waals surface area contributed by atoms with Crippen molar-refractivity contribution in [3.8, 4) is 17.0 Å². The van der Waals surface area contributed by atoms with Gasteiger partial charge in [0.2, 0.25) is 0 Å². The van der Waals surface area contributed by atoms with Crippen molar-refractivity contribution in [3.63, 3.8) is 0 Å². The van der Waals surface area contributed by atoms with Crippen LogP contribution in [0.2, 0.25) is 0 Å². The summed E-state index contributed by atoms with van der Waals surface area (Å²) in [6.45, 7) is 0.707. The van der Waals surface area contributed by atoms with Gasteiger partial charge in [-0.3, -0.25) is 19.3 Å². The summed E-state index contributed by atoms with van der Waals surface area (Å²) in [6.07, 6.45) is 4.69. The number of urea groups is 1. The predicted octanol–water partition coefficient (Wildman–Crippen LogP) is 3.24. The number of benzene rings is 1. The number of pyridine rings is 1. The van der Waals surface area contributed by atoms with E-state index in [1.165, 1.54) is 14.2 Å². The molecule has 4 aromatic rings. The molecule has 0 saturated carbocycles. The van der Waals surface area contributed by atoms with Crippen LogP contribution in [-0.2, 0) is 16.0 Å². The molecule has 0 aliphatic rings. The lowest BCUT2D eigenvalue weighted by atomic mass is 10.2. The summed E-state index contributed by atoms with van der Waals surface area (Å²) < 4.78 is 18.4. The molecular formula is C23H25N7O4S. The molecule has 0 aliphatic heterocycles. The Bertz CT molecular complexity index is 1310. The van der Waals surface area contributed by atoms with E-state index in [1.54, 1.807) is 31.6 Å². The van der Waals surface area contributed by atoms with Crippen molar-refractivity contribution in [1.29, 1.82) is 0 Å². The predicted molar refractivity (Wildman–Crippen MR) is 133 cm³/mol. The Morgan fingerprint density at radius 1 is 1.14 bits per heavy atom. The van der Waals surface area contributed by atoms with Gasteiger partial charge in [0, 0.05) is 26.0 Å². The van der Waals surface area contributed by atoms with Crippen LogP contribution in [0.25, 0.3) is 22.4 Å². The molecule has 1 N–H and O–H groups in total. The highest BCUT2D eigenvalue weighted by Gasteiger charge is 2.17. The second kappa shape index (κ2) is 11.1. The zero-order chi connectivity index (χ0) is 24.8. The smallest absolute Gasteiger partial charge is 0.332 e. The van der Waals surface area contributed by atoms with Crippen LogP contribution in [0, 0.1) is 0 Å². The second-order valence-electron chi connectivity index (χ2n) is 7.49. The van der Waals surface area contributed by atoms with Gasteiger partial charge in [-0.25, -0.2) is 14.8 Å². The molecule has 182 valence electrons. The average Bonchev–Trinajstić information content (AvgIpc) is 3.35. The van der Waals surface area contributed by atoms with Gasteiger partial charge in [0.15, 0.2) is 11.9 Å². The molecule has 0 bridgehead atoms. The largest absolute Gasteiger partial charge is 0.497 e. The number of aromatic nitrogens is 5. The van der Waals surface area contributed by atoms with E-state index in [4.69, 9.17) is 14.2 Å². The van der Waals surface area contributed by atoms with Crippen LogP contribution in [0.4, 0.5) is 10.6 Å². The summed E-state index contributed by atoms with van der Waals surface area (Å²) in [5.74, 6) is 1.11. The van der Waals surface area contributed by atoms with Crippen molar-refractivity contribution in [3.05, 3.63) is 60.6 Å². The summed E-state index contributed by atoms with van der Waals surface area (Å²) in [4.78, 5) is 25.9. The Hall–Kier alpha value is -3.74. The molecule has 0 aliphatic carbocycles. The first kappa shape index (κ1) is 24.4. The number of carbonyl (C=O) groups is 1. The molecule has 11 nitrogen and oxygen atoms in total. The zero-order valence-corrected chi connectivity index (χ0v) is 20.3. The molecule has 0 unspecified atom stereocenters. The summed E-state index contributed by atoms with van der Waals surface area (Å²) in [5.41, 5.74) is 3.45. The van der Waals surface area contributed by atoms with E-state index in [9.17, 15) is 4.79 Å². The number of carbonyl (C=O) groups excluding carboxylic acids is 1. The molecule has 35 heavy (non-hydrogen) atoms. The Morgan fingerprint density at radius 3 is 2.74 bits per heavy atom. The van der Waals surface area contributed by atoms with Crippen LogP contribution in [0.5, 0.6) is 5.75 Å². The fourth-order valence-corrected chi connectivity index (χ4v) is 3.47. The van der Waals surface area contributed by atoms with Gasteiger partial charge in [-0.1, -0.05) is 24.9 Å². The van der Waals surface area contributed by atoms with Crippen molar-refractivity contribution in [2.45, 2.75) is 12.8 Å². The van der Waals surface area contributed by atoms with Crippen LogP contribution >= 0.6 is 12.8 Å². The first-order valence-electron chi connectivity index (χ1n) is 10.6. The van der Waals surface area contributed by atoms with Crippen molar-refractivity contribution < 1.29 is 19.0 Å². The lowest BCUT2D eigenvalue weighted by Crippen LogP contribution is -2.35. The molecule has 0 spiro atoms. The van der Waals surface area contributed by atoms with E-state index in [0.29, 0.717) is 29.2 Å². The summed E-state index contributed by atoms with van der Waals surface area (Å²) >= 11 is 4.18. The topological polar surface area (TPSA) is 117 Å². The Kier molecular flexibility index (Phi) is 7.75. The number of fused-ring (bicyclic) bond motifs is 1. The molecule has 12 heteroatoms. The number of nitrogens with zero attached hydrogens (tertiary/aromatic N) is 6. The number of nitrogens with one attached hydrogen (secondary N) is 1. The number of ether oxygens (including phenoxy) is 3. The Morgan fingerprint density at radius 2 is 1.97 bits per heavy atom. The van der Waals surface area contributed by atoms with Crippen LogP contribution < -0.4 is 10.1 Å². The maximum Gasteiger partial charge on any atom is 0.332 e. The normalized spacial score (nSPS) is 11.1. The molecule has 0 radical (unpaired) electrons. The van der Waals surface area contributed by atoms with Gasteiger partial charge in [-0.2, -0.15) is 5.10 Å². The van der Waals surface area contributed by atoms with Crippen molar-refractivity contribution in [2.24, 2.45) is 0 Å². The maximum atomic E-state index is 12.4. The number of thiol groups is 1. The third-order valence-corrected chi connectivity index (χ3v) is 5.48. The third-order valence-electron chi connectivity index (χ3n) is 5.13. The van der Waals surface area contributed by atoms with Gasteiger partial charge in [-0.05, 0) is 29.8 Å². The number of hydrogen-bond donors (Lipinski definition) is 2. The summed E-state index contributed by atoms with van der Waals surface area (Å²) in [6, 6.07) is 10.7. The van der Waals surface area contributed by atoms with Gasteiger partial charge in [0.25, 0.3) is 0 Å². The van der Waals surface area contributed by atoms with Gasteiger partial charge < -0.3 is 14.2 Å². The molecule has 2 amide bonds. The molecule has 4 rings (SSSR count). The van der Waals surface area contributed by atoms with Crippen molar-refractivity contribution in [2.75, 3.05) is 33.2 Å². The quantitative estimate of drug-likeness (QED) is 0.269. The third kappa shape index (κ3) is 6.04. The molecule has 0 saturated heterocycles. The van der Waals surface area contributed by atoms with Gasteiger partial charge >= 0.3 is 6.03 Å². The minimum atomic E-state index is -0.596. The van der Waals surface area contributed by atoms with Gasteiger partial charge in [0.05, 0.1) is 38.3 Å².